The first kappa shape index (κ1) is 13.9. The molecule has 17 heavy (non-hydrogen) atoms. The topological polar surface area (TPSA) is 71.7 Å². The molecule has 0 spiro atoms. The van der Waals surface area contributed by atoms with Gasteiger partial charge in [0.25, 0.3) is 0 Å². The van der Waals surface area contributed by atoms with Gasteiger partial charge in [-0.1, -0.05) is 0 Å². The smallest absolute Gasteiger partial charge is 0.210 e. The number of anilines is 1. The van der Waals surface area contributed by atoms with Crippen molar-refractivity contribution in [1.82, 2.24) is 5.43 Å². The zero-order valence-corrected chi connectivity index (χ0v) is 10.9. The van der Waals surface area contributed by atoms with Crippen LogP contribution in [-0.4, -0.2) is 26.2 Å². The maximum Gasteiger partial charge on any atom is 0.210 e. The molecule has 1 aromatic rings. The summed E-state index contributed by atoms with van der Waals surface area (Å²) >= 11 is 3.07. The Labute approximate surface area is 107 Å². The molecule has 0 heterocycles. The monoisotopic (exact) mass is 304 g/mol. The summed E-state index contributed by atoms with van der Waals surface area (Å²) in [6.45, 7) is 0.948. The highest BCUT2D eigenvalue weighted by Gasteiger charge is 2.02. The third kappa shape index (κ3) is 4.68. The molecule has 0 atom stereocenters. The van der Waals surface area contributed by atoms with Gasteiger partial charge in [0.05, 0.1) is 17.6 Å². The van der Waals surface area contributed by atoms with E-state index in [4.69, 9.17) is 10.6 Å². The second kappa shape index (κ2) is 7.21. The first-order valence-corrected chi connectivity index (χ1v) is 5.68. The Morgan fingerprint density at radius 1 is 1.59 bits per heavy atom. The second-order valence-corrected chi connectivity index (χ2v) is 3.98. The number of methoxy groups -OCH3 is 1. The van der Waals surface area contributed by atoms with Gasteiger partial charge in [-0.05, 0) is 34.1 Å². The molecule has 0 radical (unpaired) electrons. The lowest BCUT2D eigenvalue weighted by molar-refractivity contribution is 0.208. The number of nitrogens with zero attached hydrogens (tertiary/aromatic N) is 1. The normalized spacial score (nSPS) is 11.4. The van der Waals surface area contributed by atoms with E-state index in [1.54, 1.807) is 19.2 Å². The number of hydrazine groups is 1. The zero-order valence-electron chi connectivity index (χ0n) is 9.34. The minimum absolute atomic E-state index is 0.351. The third-order valence-electron chi connectivity index (χ3n) is 1.88. The minimum Gasteiger partial charge on any atom is -0.383 e. The van der Waals surface area contributed by atoms with Crippen LogP contribution in [0.15, 0.2) is 27.7 Å². The van der Waals surface area contributed by atoms with Crippen LogP contribution in [0.4, 0.5) is 10.1 Å². The fourth-order valence-corrected chi connectivity index (χ4v) is 1.33. The average Bonchev–Trinajstić information content (AvgIpc) is 2.32. The molecule has 4 N–H and O–H groups in total. The van der Waals surface area contributed by atoms with Gasteiger partial charge in [-0.25, -0.2) is 15.2 Å². The molecule has 94 valence electrons. The number of halogens is 2. The first-order chi connectivity index (χ1) is 8.17. The van der Waals surface area contributed by atoms with Crippen LogP contribution in [0.25, 0.3) is 0 Å². The maximum absolute atomic E-state index is 13.2. The van der Waals surface area contributed by atoms with Gasteiger partial charge in [-0.15, -0.1) is 0 Å². The standard InChI is InChI=1S/C10H14BrFN4O/c1-17-5-4-14-10(16-13)15-7-2-3-8(11)9(12)6-7/h2-3,6H,4-5,13H2,1H3,(H2,14,15,16). The van der Waals surface area contributed by atoms with Gasteiger partial charge in [0.15, 0.2) is 0 Å². The van der Waals surface area contributed by atoms with Gasteiger partial charge < -0.3 is 10.1 Å². The van der Waals surface area contributed by atoms with Crippen molar-refractivity contribution in [2.45, 2.75) is 0 Å². The highest BCUT2D eigenvalue weighted by molar-refractivity contribution is 9.10. The van der Waals surface area contributed by atoms with Crippen LogP contribution in [-0.2, 0) is 4.74 Å². The molecule has 7 heteroatoms. The number of nitrogens with one attached hydrogen (secondary N) is 2. The number of hydrogen-bond acceptors (Lipinski definition) is 3. The molecule has 0 amide bonds. The van der Waals surface area contributed by atoms with E-state index >= 15 is 0 Å². The van der Waals surface area contributed by atoms with Crippen molar-refractivity contribution in [3.05, 3.63) is 28.5 Å². The van der Waals surface area contributed by atoms with Crippen LogP contribution in [0.5, 0.6) is 0 Å². The molecule has 0 aliphatic rings. The lowest BCUT2D eigenvalue weighted by atomic mass is 10.3. The Balaban J connectivity index is 2.67. The van der Waals surface area contributed by atoms with E-state index in [1.807, 2.05) is 0 Å². The molecule has 5 nitrogen and oxygen atoms in total. The summed E-state index contributed by atoms with van der Waals surface area (Å²) in [6.07, 6.45) is 0. The summed E-state index contributed by atoms with van der Waals surface area (Å²) in [6, 6.07) is 4.64. The van der Waals surface area contributed by atoms with Crippen molar-refractivity contribution in [3.63, 3.8) is 0 Å². The lowest BCUT2D eigenvalue weighted by Gasteiger charge is -2.09. The molecular formula is C10H14BrFN4O. The van der Waals surface area contributed by atoms with Gasteiger partial charge in [0.2, 0.25) is 5.96 Å². The van der Waals surface area contributed by atoms with Gasteiger partial charge in [-0.2, -0.15) is 0 Å². The van der Waals surface area contributed by atoms with Gasteiger partial charge in [0.1, 0.15) is 5.82 Å². The minimum atomic E-state index is -0.358. The summed E-state index contributed by atoms with van der Waals surface area (Å²) in [5, 5.41) is 2.85. The average molecular weight is 305 g/mol. The molecule has 1 aromatic carbocycles. The summed E-state index contributed by atoms with van der Waals surface area (Å²) in [5.41, 5.74) is 2.95. The van der Waals surface area contributed by atoms with Crippen molar-refractivity contribution in [2.75, 3.05) is 25.6 Å². The molecule has 0 saturated heterocycles. The van der Waals surface area contributed by atoms with E-state index < -0.39 is 0 Å². The number of guanidine groups is 1. The summed E-state index contributed by atoms with van der Waals surface area (Å²) in [5.74, 6) is 5.28. The lowest BCUT2D eigenvalue weighted by Crippen LogP contribution is -2.36. The van der Waals surface area contributed by atoms with Crippen molar-refractivity contribution in [2.24, 2.45) is 10.8 Å². The van der Waals surface area contributed by atoms with E-state index in [9.17, 15) is 4.39 Å². The largest absolute Gasteiger partial charge is 0.383 e. The Hall–Kier alpha value is -1.18. The van der Waals surface area contributed by atoms with Gasteiger partial charge in [-0.3, -0.25) is 5.43 Å². The predicted molar refractivity (Wildman–Crippen MR) is 69.2 cm³/mol. The number of aliphatic imine (C=N–C) groups is 1. The fourth-order valence-electron chi connectivity index (χ4n) is 1.08. The molecule has 1 rings (SSSR count). The summed E-state index contributed by atoms with van der Waals surface area (Å²) < 4.78 is 18.5. The SMILES string of the molecule is COCCN=C(NN)Nc1ccc(Br)c(F)c1. The molecule has 0 unspecified atom stereocenters. The van der Waals surface area contributed by atoms with Crippen molar-refractivity contribution in [3.8, 4) is 0 Å². The highest BCUT2D eigenvalue weighted by atomic mass is 79.9. The fraction of sp³-hybridized carbons (Fsp3) is 0.300. The second-order valence-electron chi connectivity index (χ2n) is 3.12. The Morgan fingerprint density at radius 3 is 2.94 bits per heavy atom. The summed E-state index contributed by atoms with van der Waals surface area (Å²) in [4.78, 5) is 4.09. The van der Waals surface area contributed by atoms with E-state index in [2.05, 4.69) is 31.7 Å². The number of ether oxygens (including phenoxy) is 1. The van der Waals surface area contributed by atoms with E-state index in [0.29, 0.717) is 29.3 Å². The van der Waals surface area contributed by atoms with Crippen LogP contribution >= 0.6 is 15.9 Å². The molecule has 0 aliphatic carbocycles. The van der Waals surface area contributed by atoms with Crippen LogP contribution in [0.3, 0.4) is 0 Å². The molecule has 0 bridgehead atoms. The van der Waals surface area contributed by atoms with Gasteiger partial charge in [0, 0.05) is 12.8 Å². The number of benzene rings is 1. The van der Waals surface area contributed by atoms with E-state index in [1.165, 1.54) is 6.07 Å². The first-order valence-electron chi connectivity index (χ1n) is 4.89. The summed E-state index contributed by atoms with van der Waals surface area (Å²) in [7, 11) is 1.59. The van der Waals surface area contributed by atoms with Crippen molar-refractivity contribution in [1.29, 1.82) is 0 Å². The number of hydrogen-bond donors (Lipinski definition) is 3. The highest BCUT2D eigenvalue weighted by Crippen LogP contribution is 2.19. The molecule has 0 aromatic heterocycles. The maximum atomic E-state index is 13.2. The van der Waals surface area contributed by atoms with Gasteiger partial charge >= 0.3 is 0 Å². The molecule has 0 aliphatic heterocycles. The Morgan fingerprint density at radius 2 is 2.35 bits per heavy atom. The predicted octanol–water partition coefficient (Wildman–Crippen LogP) is 1.47. The van der Waals surface area contributed by atoms with E-state index in [0.717, 1.165) is 0 Å². The van der Waals surface area contributed by atoms with Crippen LogP contribution in [0.1, 0.15) is 0 Å². The zero-order chi connectivity index (χ0) is 12.7. The molecule has 0 saturated carbocycles. The van der Waals surface area contributed by atoms with Crippen LogP contribution in [0, 0.1) is 5.82 Å². The van der Waals surface area contributed by atoms with Crippen LogP contribution in [0.2, 0.25) is 0 Å². The Bertz CT molecular complexity index is 400. The molecular weight excluding hydrogens is 291 g/mol. The van der Waals surface area contributed by atoms with Crippen LogP contribution < -0.4 is 16.6 Å². The quantitative estimate of drug-likeness (QED) is 0.259. The third-order valence-corrected chi connectivity index (χ3v) is 2.53. The number of rotatable bonds is 4. The number of nitrogens with two attached hydrogens (primary N) is 1. The van der Waals surface area contributed by atoms with Crippen molar-refractivity contribution >= 4 is 27.6 Å². The van der Waals surface area contributed by atoms with Crippen molar-refractivity contribution < 1.29 is 9.13 Å². The van der Waals surface area contributed by atoms with E-state index in [-0.39, 0.29) is 5.82 Å². The Kier molecular flexibility index (Phi) is 5.88. The molecule has 0 fully saturated rings.